The van der Waals surface area contributed by atoms with Crippen LogP contribution in [0.1, 0.15) is 26.3 Å². The third kappa shape index (κ3) is 4.64. The number of hydrogen-bond donors (Lipinski definition) is 2. The van der Waals surface area contributed by atoms with Gasteiger partial charge < -0.3 is 9.72 Å². The molecule has 0 saturated heterocycles. The van der Waals surface area contributed by atoms with Gasteiger partial charge in [0.15, 0.2) is 0 Å². The molecule has 1 heterocycles. The molecule has 29 heavy (non-hydrogen) atoms. The summed E-state index contributed by atoms with van der Waals surface area (Å²) < 4.78 is 31.9. The Hall–Kier alpha value is -2.32. The normalized spacial score (nSPS) is 12.2. The molecule has 6 nitrogen and oxygen atoms in total. The van der Waals surface area contributed by atoms with E-state index in [9.17, 15) is 13.2 Å². The van der Waals surface area contributed by atoms with Crippen molar-refractivity contribution in [1.29, 1.82) is 0 Å². The molecule has 2 N–H and O–H groups in total. The Labute approximate surface area is 178 Å². The molecule has 0 amide bonds. The first-order valence-electron chi connectivity index (χ1n) is 8.92. The summed E-state index contributed by atoms with van der Waals surface area (Å²) in [5.41, 5.74) is 2.27. The number of ether oxygens (including phenoxy) is 1. The van der Waals surface area contributed by atoms with Crippen LogP contribution in [0.15, 0.2) is 45.7 Å². The maximum absolute atomic E-state index is 12.8. The summed E-state index contributed by atoms with van der Waals surface area (Å²) in [5.74, 6) is 0.700. The zero-order valence-electron chi connectivity index (χ0n) is 16.9. The van der Waals surface area contributed by atoms with E-state index in [1.54, 1.807) is 19.2 Å². The molecule has 3 rings (SSSR count). The van der Waals surface area contributed by atoms with E-state index in [0.29, 0.717) is 27.9 Å². The second-order valence-electron chi connectivity index (χ2n) is 7.97. The summed E-state index contributed by atoms with van der Waals surface area (Å²) in [7, 11) is -1.81. The van der Waals surface area contributed by atoms with E-state index in [-0.39, 0.29) is 11.0 Å². The van der Waals surface area contributed by atoms with Crippen LogP contribution in [0.4, 0.5) is 5.69 Å². The molecule has 0 spiro atoms. The Bertz CT molecular complexity index is 1260. The zero-order chi connectivity index (χ0) is 21.6. The highest BCUT2D eigenvalue weighted by molar-refractivity contribution is 9.10. The number of methoxy groups -OCH3 is 1. The van der Waals surface area contributed by atoms with E-state index in [4.69, 9.17) is 4.74 Å². The predicted octanol–water partition coefficient (Wildman–Crippen LogP) is 4.64. The number of hydrogen-bond acceptors (Lipinski definition) is 4. The summed E-state index contributed by atoms with van der Waals surface area (Å²) in [6.07, 6.45) is 1.07. The minimum atomic E-state index is -3.43. The van der Waals surface area contributed by atoms with Crippen LogP contribution in [-0.4, -0.2) is 26.8 Å². The zero-order valence-corrected chi connectivity index (χ0v) is 19.3. The van der Waals surface area contributed by atoms with Crippen molar-refractivity contribution in [2.24, 2.45) is 0 Å². The SMILES string of the molecule is COc1c(-c2cc3ccc(NS(C)(=O)=O)cc3c(=O)[nH]2)cc(Br)cc1C(C)(C)C. The van der Waals surface area contributed by atoms with E-state index in [0.717, 1.165) is 21.9 Å². The fourth-order valence-electron chi connectivity index (χ4n) is 3.25. The Morgan fingerprint density at radius 1 is 1.10 bits per heavy atom. The molecule has 0 bridgehead atoms. The van der Waals surface area contributed by atoms with Gasteiger partial charge in [0.05, 0.1) is 19.1 Å². The van der Waals surface area contributed by atoms with Crippen LogP contribution in [0.5, 0.6) is 5.75 Å². The van der Waals surface area contributed by atoms with E-state index < -0.39 is 10.0 Å². The van der Waals surface area contributed by atoms with Crippen LogP contribution < -0.4 is 15.0 Å². The monoisotopic (exact) mass is 478 g/mol. The second kappa shape index (κ2) is 7.50. The molecule has 0 unspecified atom stereocenters. The van der Waals surface area contributed by atoms with Gasteiger partial charge in [-0.25, -0.2) is 8.42 Å². The number of H-pyrrole nitrogens is 1. The molecule has 0 aliphatic carbocycles. The number of halogens is 1. The fraction of sp³-hybridized carbons (Fsp3) is 0.286. The third-order valence-electron chi connectivity index (χ3n) is 4.51. The summed E-state index contributed by atoms with van der Waals surface area (Å²) in [6.45, 7) is 6.29. The first kappa shape index (κ1) is 21.4. The molecule has 2 aromatic carbocycles. The number of sulfonamides is 1. The van der Waals surface area contributed by atoms with Gasteiger partial charge in [0.1, 0.15) is 5.75 Å². The lowest BCUT2D eigenvalue weighted by Crippen LogP contribution is -2.14. The minimum absolute atomic E-state index is 0.159. The van der Waals surface area contributed by atoms with Crippen molar-refractivity contribution >= 4 is 42.4 Å². The lowest BCUT2D eigenvalue weighted by Gasteiger charge is -2.24. The van der Waals surface area contributed by atoms with Crippen LogP contribution in [-0.2, 0) is 15.4 Å². The van der Waals surface area contributed by atoms with E-state index in [1.165, 1.54) is 6.07 Å². The van der Waals surface area contributed by atoms with Crippen LogP contribution in [0.25, 0.3) is 22.0 Å². The Kier molecular flexibility index (Phi) is 5.53. The molecule has 0 aliphatic heterocycles. The van der Waals surface area contributed by atoms with Crippen LogP contribution >= 0.6 is 15.9 Å². The van der Waals surface area contributed by atoms with Crippen molar-refractivity contribution in [1.82, 2.24) is 4.98 Å². The lowest BCUT2D eigenvalue weighted by atomic mass is 9.84. The molecule has 3 aromatic rings. The van der Waals surface area contributed by atoms with Crippen molar-refractivity contribution in [2.45, 2.75) is 26.2 Å². The van der Waals surface area contributed by atoms with Gasteiger partial charge in [-0.05, 0) is 41.1 Å². The van der Waals surface area contributed by atoms with Crippen LogP contribution in [0.3, 0.4) is 0 Å². The Morgan fingerprint density at radius 2 is 1.79 bits per heavy atom. The molecule has 8 heteroatoms. The van der Waals surface area contributed by atoms with E-state index >= 15 is 0 Å². The number of fused-ring (bicyclic) bond motifs is 1. The number of aromatic nitrogens is 1. The molecule has 0 aliphatic rings. The fourth-order valence-corrected chi connectivity index (χ4v) is 4.27. The summed E-state index contributed by atoms with van der Waals surface area (Å²) >= 11 is 3.56. The van der Waals surface area contributed by atoms with Gasteiger partial charge >= 0.3 is 0 Å². The Morgan fingerprint density at radius 3 is 2.38 bits per heavy atom. The summed E-state index contributed by atoms with van der Waals surface area (Å²) in [5, 5.41) is 1.09. The molecule has 0 fully saturated rings. The van der Waals surface area contributed by atoms with Crippen molar-refractivity contribution in [2.75, 3.05) is 18.1 Å². The van der Waals surface area contributed by atoms with Gasteiger partial charge in [0.25, 0.3) is 5.56 Å². The second-order valence-corrected chi connectivity index (χ2v) is 10.6. The smallest absolute Gasteiger partial charge is 0.256 e. The maximum atomic E-state index is 12.8. The van der Waals surface area contributed by atoms with Gasteiger partial charge in [-0.2, -0.15) is 0 Å². The average molecular weight is 479 g/mol. The van der Waals surface area contributed by atoms with Gasteiger partial charge in [-0.3, -0.25) is 9.52 Å². The first-order chi connectivity index (χ1) is 13.4. The number of benzene rings is 2. The number of nitrogens with one attached hydrogen (secondary N) is 2. The summed E-state index contributed by atoms with van der Waals surface area (Å²) in [4.78, 5) is 15.7. The van der Waals surface area contributed by atoms with Crippen molar-refractivity contribution in [3.63, 3.8) is 0 Å². The van der Waals surface area contributed by atoms with Crippen molar-refractivity contribution < 1.29 is 13.2 Å². The molecular weight excluding hydrogens is 456 g/mol. The quantitative estimate of drug-likeness (QED) is 0.571. The standard InChI is InChI=1S/C21H23BrN2O4S/c1-21(2,3)17-10-13(22)9-16(19(17)28-4)18-8-12-6-7-14(24-29(5,26)27)11-15(12)20(25)23-18/h6-11,24H,1-5H3,(H,23,25). The molecule has 0 radical (unpaired) electrons. The highest BCUT2D eigenvalue weighted by Crippen LogP contribution is 2.41. The van der Waals surface area contributed by atoms with E-state index in [1.807, 2.05) is 18.2 Å². The van der Waals surface area contributed by atoms with Gasteiger partial charge in [-0.1, -0.05) is 42.8 Å². The van der Waals surface area contributed by atoms with Crippen LogP contribution in [0, 0.1) is 0 Å². The van der Waals surface area contributed by atoms with E-state index in [2.05, 4.69) is 46.4 Å². The number of pyridine rings is 1. The third-order valence-corrected chi connectivity index (χ3v) is 5.57. The summed E-state index contributed by atoms with van der Waals surface area (Å²) in [6, 6.07) is 10.7. The molecule has 0 saturated carbocycles. The highest BCUT2D eigenvalue weighted by Gasteiger charge is 2.23. The van der Waals surface area contributed by atoms with Crippen molar-refractivity contribution in [3.8, 4) is 17.0 Å². The molecule has 154 valence electrons. The van der Waals surface area contributed by atoms with Gasteiger partial charge in [0, 0.05) is 26.7 Å². The topological polar surface area (TPSA) is 88.3 Å². The molecular formula is C21H23BrN2O4S. The number of aromatic amines is 1. The first-order valence-corrected chi connectivity index (χ1v) is 11.6. The largest absolute Gasteiger partial charge is 0.496 e. The average Bonchev–Trinajstić information content (AvgIpc) is 2.59. The number of anilines is 1. The maximum Gasteiger partial charge on any atom is 0.256 e. The Balaban J connectivity index is 2.23. The highest BCUT2D eigenvalue weighted by atomic mass is 79.9. The predicted molar refractivity (Wildman–Crippen MR) is 121 cm³/mol. The molecule has 1 aromatic heterocycles. The van der Waals surface area contributed by atoms with Crippen molar-refractivity contribution in [3.05, 3.63) is 56.8 Å². The van der Waals surface area contributed by atoms with Gasteiger partial charge in [0.2, 0.25) is 10.0 Å². The lowest BCUT2D eigenvalue weighted by molar-refractivity contribution is 0.399. The van der Waals surface area contributed by atoms with Gasteiger partial charge in [-0.15, -0.1) is 0 Å². The number of rotatable bonds is 4. The minimum Gasteiger partial charge on any atom is -0.496 e. The molecule has 0 atom stereocenters. The van der Waals surface area contributed by atoms with Crippen LogP contribution in [0.2, 0.25) is 0 Å².